The van der Waals surface area contributed by atoms with E-state index in [0.717, 1.165) is 29.4 Å². The lowest BCUT2D eigenvalue weighted by molar-refractivity contribution is -0.114. The second-order valence-electron chi connectivity index (χ2n) is 4.03. The fourth-order valence-corrected chi connectivity index (χ4v) is 2.26. The molecule has 1 aromatic rings. The van der Waals surface area contributed by atoms with Crippen LogP contribution >= 0.6 is 15.9 Å². The first-order valence-corrected chi connectivity index (χ1v) is 6.86. The van der Waals surface area contributed by atoms with E-state index >= 15 is 0 Å². The summed E-state index contributed by atoms with van der Waals surface area (Å²) < 4.78 is 0. The van der Waals surface area contributed by atoms with Crippen molar-refractivity contribution in [2.75, 3.05) is 16.8 Å². The third kappa shape index (κ3) is 2.14. The van der Waals surface area contributed by atoms with Crippen LogP contribution in [0.3, 0.4) is 0 Å². The van der Waals surface area contributed by atoms with Crippen LogP contribution in [-0.2, 0) is 11.2 Å². The molecule has 3 nitrogen and oxygen atoms in total. The molecule has 0 unspecified atom stereocenters. The van der Waals surface area contributed by atoms with E-state index in [0.29, 0.717) is 12.1 Å². The summed E-state index contributed by atoms with van der Waals surface area (Å²) >= 11 is 3.33. The van der Waals surface area contributed by atoms with E-state index in [1.807, 2.05) is 25.1 Å². The molecule has 0 saturated carbocycles. The van der Waals surface area contributed by atoms with Crippen molar-refractivity contribution < 1.29 is 9.59 Å². The molecule has 4 heteroatoms. The molecule has 0 atom stereocenters. The highest BCUT2D eigenvalue weighted by Gasteiger charge is 2.35. The predicted molar refractivity (Wildman–Crippen MR) is 70.9 cm³/mol. The minimum absolute atomic E-state index is 0.370. The van der Waals surface area contributed by atoms with Gasteiger partial charge >= 0.3 is 0 Å². The molecular weight excluding hydrogens is 282 g/mol. The quantitative estimate of drug-likeness (QED) is 0.632. The summed E-state index contributed by atoms with van der Waals surface area (Å²) in [5, 5.41) is 0.827. The topological polar surface area (TPSA) is 37.4 Å². The number of alkyl halides is 1. The standard InChI is InChI=1S/C13H14BrNO2/c1-2-9-4-5-11-10(8-9)12(16)13(17)15(11)7-3-6-14/h4-5,8H,2-3,6-7H2,1H3. The summed E-state index contributed by atoms with van der Waals surface area (Å²) in [4.78, 5) is 25.2. The van der Waals surface area contributed by atoms with Crippen molar-refractivity contribution in [3.8, 4) is 0 Å². The molecule has 0 radical (unpaired) electrons. The monoisotopic (exact) mass is 295 g/mol. The summed E-state index contributed by atoms with van der Waals surface area (Å²) in [5.74, 6) is -0.765. The molecule has 1 aliphatic heterocycles. The van der Waals surface area contributed by atoms with Crippen LogP contribution in [0.2, 0.25) is 0 Å². The predicted octanol–water partition coefficient (Wildman–Crippen LogP) is 2.56. The zero-order valence-corrected chi connectivity index (χ0v) is 11.3. The lowest BCUT2D eigenvalue weighted by Gasteiger charge is -2.15. The molecule has 0 fully saturated rings. The van der Waals surface area contributed by atoms with Gasteiger partial charge in [0, 0.05) is 11.9 Å². The Morgan fingerprint density at radius 1 is 1.29 bits per heavy atom. The van der Waals surface area contributed by atoms with Crippen molar-refractivity contribution in [2.24, 2.45) is 0 Å². The third-order valence-corrected chi connectivity index (χ3v) is 3.52. The van der Waals surface area contributed by atoms with Gasteiger partial charge < -0.3 is 4.90 Å². The molecule has 90 valence electrons. The lowest BCUT2D eigenvalue weighted by Crippen LogP contribution is -2.30. The van der Waals surface area contributed by atoms with Crippen molar-refractivity contribution in [3.63, 3.8) is 0 Å². The minimum atomic E-state index is -0.394. The van der Waals surface area contributed by atoms with Gasteiger partial charge in [0.05, 0.1) is 11.3 Å². The maximum absolute atomic E-state index is 11.8. The van der Waals surface area contributed by atoms with Gasteiger partial charge in [0.1, 0.15) is 0 Å². The van der Waals surface area contributed by atoms with Gasteiger partial charge in [-0.1, -0.05) is 28.9 Å². The molecule has 0 bridgehead atoms. The molecule has 2 rings (SSSR count). The van der Waals surface area contributed by atoms with Crippen LogP contribution in [0.15, 0.2) is 18.2 Å². The number of carbonyl (C=O) groups is 2. The zero-order valence-electron chi connectivity index (χ0n) is 9.70. The van der Waals surface area contributed by atoms with Crippen molar-refractivity contribution in [1.82, 2.24) is 0 Å². The van der Waals surface area contributed by atoms with Crippen LogP contribution in [0.25, 0.3) is 0 Å². The Balaban J connectivity index is 2.36. The Hall–Kier alpha value is -1.16. The van der Waals surface area contributed by atoms with Gasteiger partial charge in [0.25, 0.3) is 11.7 Å². The van der Waals surface area contributed by atoms with Crippen molar-refractivity contribution in [2.45, 2.75) is 19.8 Å². The Labute approximate surface area is 109 Å². The van der Waals surface area contributed by atoms with Crippen molar-refractivity contribution in [1.29, 1.82) is 0 Å². The smallest absolute Gasteiger partial charge is 0.299 e. The highest BCUT2D eigenvalue weighted by Crippen LogP contribution is 2.30. The Bertz CT molecular complexity index is 470. The van der Waals surface area contributed by atoms with Gasteiger partial charge in [0.15, 0.2) is 0 Å². The number of halogens is 1. The van der Waals surface area contributed by atoms with E-state index in [4.69, 9.17) is 0 Å². The molecule has 0 N–H and O–H groups in total. The summed E-state index contributed by atoms with van der Waals surface area (Å²) in [6, 6.07) is 5.70. The Morgan fingerprint density at radius 2 is 2.06 bits per heavy atom. The number of hydrogen-bond donors (Lipinski definition) is 0. The van der Waals surface area contributed by atoms with Crippen molar-refractivity contribution >= 4 is 33.3 Å². The maximum Gasteiger partial charge on any atom is 0.299 e. The summed E-state index contributed by atoms with van der Waals surface area (Å²) in [5.41, 5.74) is 2.41. The Morgan fingerprint density at radius 3 is 2.71 bits per heavy atom. The van der Waals surface area contributed by atoms with Crippen LogP contribution in [0.5, 0.6) is 0 Å². The first-order valence-electron chi connectivity index (χ1n) is 5.74. The summed E-state index contributed by atoms with van der Waals surface area (Å²) in [7, 11) is 0. The van der Waals surface area contributed by atoms with Crippen molar-refractivity contribution in [3.05, 3.63) is 29.3 Å². The number of hydrogen-bond acceptors (Lipinski definition) is 2. The van der Waals surface area contributed by atoms with Crippen LogP contribution in [-0.4, -0.2) is 23.6 Å². The SMILES string of the molecule is CCc1ccc2c(c1)C(=O)C(=O)N2CCCBr. The number of nitrogens with zero attached hydrogens (tertiary/aromatic N) is 1. The van der Waals surface area contributed by atoms with Gasteiger partial charge in [-0.05, 0) is 30.5 Å². The summed E-state index contributed by atoms with van der Waals surface area (Å²) in [6.45, 7) is 2.62. The van der Waals surface area contributed by atoms with E-state index in [2.05, 4.69) is 15.9 Å². The number of anilines is 1. The summed E-state index contributed by atoms with van der Waals surface area (Å²) in [6.07, 6.45) is 1.71. The number of aryl methyl sites for hydroxylation is 1. The van der Waals surface area contributed by atoms with E-state index in [-0.39, 0.29) is 5.78 Å². The number of carbonyl (C=O) groups excluding carboxylic acids is 2. The fraction of sp³-hybridized carbons (Fsp3) is 0.385. The highest BCUT2D eigenvalue weighted by atomic mass is 79.9. The van der Waals surface area contributed by atoms with Gasteiger partial charge in [-0.25, -0.2) is 0 Å². The number of ketones is 1. The molecule has 1 aliphatic rings. The van der Waals surface area contributed by atoms with E-state index in [1.165, 1.54) is 0 Å². The van der Waals surface area contributed by atoms with Crippen LogP contribution < -0.4 is 4.90 Å². The van der Waals surface area contributed by atoms with E-state index in [9.17, 15) is 9.59 Å². The number of benzene rings is 1. The third-order valence-electron chi connectivity index (χ3n) is 2.96. The highest BCUT2D eigenvalue weighted by molar-refractivity contribution is 9.09. The van der Waals surface area contributed by atoms with Gasteiger partial charge in [0.2, 0.25) is 0 Å². The number of Topliss-reactive ketones (excluding diaryl/α,β-unsaturated/α-hetero) is 1. The zero-order chi connectivity index (χ0) is 12.4. The largest absolute Gasteiger partial charge is 0.305 e. The molecule has 0 saturated heterocycles. The number of amides is 1. The van der Waals surface area contributed by atoms with Gasteiger partial charge in [-0.3, -0.25) is 9.59 Å². The molecule has 1 aromatic carbocycles. The number of fused-ring (bicyclic) bond motifs is 1. The maximum atomic E-state index is 11.8. The van der Waals surface area contributed by atoms with Crippen LogP contribution in [0.1, 0.15) is 29.3 Å². The molecule has 0 aromatic heterocycles. The molecule has 17 heavy (non-hydrogen) atoms. The van der Waals surface area contributed by atoms with Crippen LogP contribution in [0.4, 0.5) is 5.69 Å². The second-order valence-corrected chi connectivity index (χ2v) is 4.83. The lowest BCUT2D eigenvalue weighted by atomic mass is 10.1. The second kappa shape index (κ2) is 5.00. The Kier molecular flexibility index (Phi) is 3.62. The first kappa shape index (κ1) is 12.3. The average molecular weight is 296 g/mol. The average Bonchev–Trinajstić information content (AvgIpc) is 2.60. The molecular formula is C13H14BrNO2. The van der Waals surface area contributed by atoms with E-state index < -0.39 is 5.91 Å². The first-order chi connectivity index (χ1) is 8.19. The molecule has 1 amide bonds. The van der Waals surface area contributed by atoms with Crippen LogP contribution in [0, 0.1) is 0 Å². The molecule has 0 aliphatic carbocycles. The molecule has 1 heterocycles. The normalized spacial score (nSPS) is 14.4. The van der Waals surface area contributed by atoms with E-state index in [1.54, 1.807) is 4.90 Å². The number of rotatable bonds is 4. The van der Waals surface area contributed by atoms with Gasteiger partial charge in [-0.15, -0.1) is 0 Å². The minimum Gasteiger partial charge on any atom is -0.305 e. The fourth-order valence-electron chi connectivity index (χ4n) is 2.01. The molecule has 0 spiro atoms. The van der Waals surface area contributed by atoms with Gasteiger partial charge in [-0.2, -0.15) is 0 Å².